The molecule has 3 nitrogen and oxygen atoms in total. The average molecular weight is 296 g/mol. The molecule has 2 amide bonds. The average Bonchev–Trinajstić information content (AvgIpc) is 3.37. The Morgan fingerprint density at radius 1 is 1.14 bits per heavy atom. The third kappa shape index (κ3) is 3.08. The minimum atomic E-state index is 0.00552. The monoisotopic (exact) mass is 296 g/mol. The molecule has 3 heteroatoms. The van der Waals surface area contributed by atoms with Crippen molar-refractivity contribution in [3.8, 4) is 0 Å². The fourth-order valence-electron chi connectivity index (χ4n) is 2.93. The van der Waals surface area contributed by atoms with Crippen LogP contribution >= 0.6 is 0 Å². The molecule has 1 aliphatic rings. The number of carbonyl (C=O) groups is 1. The van der Waals surface area contributed by atoms with Crippen molar-refractivity contribution in [3.63, 3.8) is 0 Å². The molecule has 22 heavy (non-hydrogen) atoms. The van der Waals surface area contributed by atoms with Crippen LogP contribution in [0.4, 0.5) is 4.79 Å². The van der Waals surface area contributed by atoms with E-state index in [1.165, 1.54) is 23.6 Å². The van der Waals surface area contributed by atoms with Crippen LogP contribution in [0.25, 0.3) is 10.8 Å². The number of hydrogen-bond donors (Lipinski definition) is 1. The number of hydrogen-bond acceptors (Lipinski definition) is 1. The second kappa shape index (κ2) is 5.99. The van der Waals surface area contributed by atoms with Crippen LogP contribution in [0.3, 0.4) is 0 Å². The Kier molecular flexibility index (Phi) is 4.06. The Morgan fingerprint density at radius 3 is 2.50 bits per heavy atom. The van der Waals surface area contributed by atoms with Crippen LogP contribution in [0, 0.1) is 5.92 Å². The molecule has 1 fully saturated rings. The van der Waals surface area contributed by atoms with Gasteiger partial charge in [0.15, 0.2) is 0 Å². The van der Waals surface area contributed by atoms with Gasteiger partial charge in [-0.15, -0.1) is 0 Å². The van der Waals surface area contributed by atoms with Gasteiger partial charge in [-0.1, -0.05) is 36.4 Å². The van der Waals surface area contributed by atoms with Crippen LogP contribution in [0.1, 0.15) is 38.3 Å². The number of carbonyl (C=O) groups excluding carboxylic acids is 1. The Labute approximate surface area is 132 Å². The molecule has 0 unspecified atom stereocenters. The number of urea groups is 1. The highest BCUT2D eigenvalue weighted by atomic mass is 16.2. The summed E-state index contributed by atoms with van der Waals surface area (Å²) in [5, 5.41) is 5.55. The molecule has 0 aliphatic heterocycles. The Morgan fingerprint density at radius 2 is 1.82 bits per heavy atom. The van der Waals surface area contributed by atoms with Crippen LogP contribution in [0.5, 0.6) is 0 Å². The SMILES string of the molecule is C[C@H](NC(=O)N(C)[C@@H](C)C1CC1)c1ccc2ccccc2c1. The van der Waals surface area contributed by atoms with E-state index in [1.807, 2.05) is 31.0 Å². The molecule has 3 rings (SSSR count). The topological polar surface area (TPSA) is 32.3 Å². The van der Waals surface area contributed by atoms with Crippen molar-refractivity contribution >= 4 is 16.8 Å². The summed E-state index contributed by atoms with van der Waals surface area (Å²) in [4.78, 5) is 14.2. The lowest BCUT2D eigenvalue weighted by Gasteiger charge is -2.27. The normalized spacial score (nSPS) is 17.0. The summed E-state index contributed by atoms with van der Waals surface area (Å²) in [5.41, 5.74) is 1.14. The first-order chi connectivity index (χ1) is 10.6. The molecule has 2 aromatic rings. The fourth-order valence-corrected chi connectivity index (χ4v) is 2.93. The second-order valence-electron chi connectivity index (χ2n) is 6.47. The molecular weight excluding hydrogens is 272 g/mol. The van der Waals surface area contributed by atoms with E-state index < -0.39 is 0 Å². The van der Waals surface area contributed by atoms with Gasteiger partial charge in [0.1, 0.15) is 0 Å². The van der Waals surface area contributed by atoms with Gasteiger partial charge in [0.25, 0.3) is 0 Å². The van der Waals surface area contributed by atoms with Crippen molar-refractivity contribution in [1.82, 2.24) is 10.2 Å². The van der Waals surface area contributed by atoms with Gasteiger partial charge in [0, 0.05) is 13.1 Å². The van der Waals surface area contributed by atoms with Crippen molar-refractivity contribution < 1.29 is 4.79 Å². The zero-order chi connectivity index (χ0) is 15.7. The summed E-state index contributed by atoms with van der Waals surface area (Å²) < 4.78 is 0. The molecule has 0 radical (unpaired) electrons. The maximum absolute atomic E-state index is 12.4. The molecule has 0 spiro atoms. The molecule has 0 aromatic heterocycles. The molecule has 0 bridgehead atoms. The number of nitrogens with one attached hydrogen (secondary N) is 1. The Bertz CT molecular complexity index is 678. The van der Waals surface area contributed by atoms with E-state index in [9.17, 15) is 4.79 Å². The van der Waals surface area contributed by atoms with E-state index in [4.69, 9.17) is 0 Å². The van der Waals surface area contributed by atoms with Gasteiger partial charge in [-0.3, -0.25) is 0 Å². The minimum absolute atomic E-state index is 0.00552. The van der Waals surface area contributed by atoms with Crippen LogP contribution in [-0.4, -0.2) is 24.0 Å². The Hall–Kier alpha value is -2.03. The number of nitrogens with zero attached hydrogens (tertiary/aromatic N) is 1. The van der Waals surface area contributed by atoms with Crippen molar-refractivity contribution in [2.45, 2.75) is 38.8 Å². The van der Waals surface area contributed by atoms with E-state index >= 15 is 0 Å². The summed E-state index contributed by atoms with van der Waals surface area (Å²) in [7, 11) is 1.89. The van der Waals surface area contributed by atoms with Crippen molar-refractivity contribution in [2.24, 2.45) is 5.92 Å². The summed E-state index contributed by atoms with van der Waals surface area (Å²) in [5.74, 6) is 0.687. The predicted molar refractivity (Wildman–Crippen MR) is 90.8 cm³/mol. The molecule has 1 aliphatic carbocycles. The van der Waals surface area contributed by atoms with E-state index in [0.717, 1.165) is 5.56 Å². The quantitative estimate of drug-likeness (QED) is 0.894. The van der Waals surface area contributed by atoms with E-state index in [-0.39, 0.29) is 12.1 Å². The summed E-state index contributed by atoms with van der Waals surface area (Å²) in [6.45, 7) is 4.18. The van der Waals surface area contributed by atoms with E-state index in [0.29, 0.717) is 12.0 Å². The first-order valence-electron chi connectivity index (χ1n) is 8.08. The second-order valence-corrected chi connectivity index (χ2v) is 6.47. The third-order valence-corrected chi connectivity index (χ3v) is 4.85. The predicted octanol–water partition coefficient (Wildman–Crippen LogP) is 4.34. The zero-order valence-electron chi connectivity index (χ0n) is 13.5. The van der Waals surface area contributed by atoms with Gasteiger partial charge in [0.2, 0.25) is 0 Å². The Balaban J connectivity index is 1.69. The van der Waals surface area contributed by atoms with Gasteiger partial charge in [0.05, 0.1) is 6.04 Å². The number of amides is 2. The molecular formula is C19H24N2O. The van der Waals surface area contributed by atoms with Crippen LogP contribution in [0.15, 0.2) is 42.5 Å². The molecule has 116 valence electrons. The van der Waals surface area contributed by atoms with Crippen molar-refractivity contribution in [2.75, 3.05) is 7.05 Å². The lowest BCUT2D eigenvalue weighted by Crippen LogP contribution is -2.44. The number of rotatable bonds is 4. The van der Waals surface area contributed by atoms with E-state index in [2.05, 4.69) is 42.6 Å². The molecule has 2 aromatic carbocycles. The van der Waals surface area contributed by atoms with E-state index in [1.54, 1.807) is 0 Å². The van der Waals surface area contributed by atoms with Crippen LogP contribution < -0.4 is 5.32 Å². The molecule has 0 heterocycles. The zero-order valence-corrected chi connectivity index (χ0v) is 13.5. The minimum Gasteiger partial charge on any atom is -0.331 e. The smallest absolute Gasteiger partial charge is 0.317 e. The fraction of sp³-hybridized carbons (Fsp3) is 0.421. The molecule has 2 atom stereocenters. The maximum Gasteiger partial charge on any atom is 0.317 e. The first-order valence-corrected chi connectivity index (χ1v) is 8.08. The lowest BCUT2D eigenvalue weighted by molar-refractivity contribution is 0.185. The van der Waals surface area contributed by atoms with Gasteiger partial charge in [-0.05, 0) is 55.0 Å². The molecule has 1 saturated carbocycles. The highest BCUT2D eigenvalue weighted by Crippen LogP contribution is 2.34. The standard InChI is InChI=1S/C19H24N2O/c1-13(20-19(22)21(3)14(2)15-8-9-15)17-11-10-16-6-4-5-7-18(16)12-17/h4-7,10-15H,8-9H2,1-3H3,(H,20,22)/t13-,14-/m0/s1. The highest BCUT2D eigenvalue weighted by molar-refractivity contribution is 5.83. The van der Waals surface area contributed by atoms with Gasteiger partial charge in [-0.25, -0.2) is 4.79 Å². The largest absolute Gasteiger partial charge is 0.331 e. The van der Waals surface area contributed by atoms with Gasteiger partial charge >= 0.3 is 6.03 Å². The lowest BCUT2D eigenvalue weighted by atomic mass is 10.0. The summed E-state index contributed by atoms with van der Waals surface area (Å²) in [6.07, 6.45) is 2.50. The number of fused-ring (bicyclic) bond motifs is 1. The van der Waals surface area contributed by atoms with Gasteiger partial charge in [-0.2, -0.15) is 0 Å². The van der Waals surface area contributed by atoms with Crippen LogP contribution in [0.2, 0.25) is 0 Å². The van der Waals surface area contributed by atoms with Crippen molar-refractivity contribution in [3.05, 3.63) is 48.0 Å². The molecule has 1 N–H and O–H groups in total. The highest BCUT2D eigenvalue weighted by Gasteiger charge is 2.32. The van der Waals surface area contributed by atoms with Crippen LogP contribution in [-0.2, 0) is 0 Å². The summed E-state index contributed by atoms with van der Waals surface area (Å²) >= 11 is 0. The molecule has 0 saturated heterocycles. The van der Waals surface area contributed by atoms with Crippen molar-refractivity contribution in [1.29, 1.82) is 0 Å². The first kappa shape index (κ1) is 14.9. The third-order valence-electron chi connectivity index (χ3n) is 4.85. The summed E-state index contributed by atoms with van der Waals surface area (Å²) in [6, 6.07) is 15.0. The number of benzene rings is 2. The maximum atomic E-state index is 12.4. The van der Waals surface area contributed by atoms with Gasteiger partial charge < -0.3 is 10.2 Å².